The van der Waals surface area contributed by atoms with E-state index in [1.54, 1.807) is 13.8 Å². The Labute approximate surface area is 90.8 Å². The van der Waals surface area contributed by atoms with Crippen molar-refractivity contribution in [1.82, 2.24) is 0 Å². The minimum absolute atomic E-state index is 0.167. The largest absolute Gasteiger partial charge is 0.394 e. The highest BCUT2D eigenvalue weighted by Gasteiger charge is 2.23. The first-order valence-electron chi connectivity index (χ1n) is 3.14. The van der Waals surface area contributed by atoms with Gasteiger partial charge in [0.15, 0.2) is 6.67 Å². The van der Waals surface area contributed by atoms with Gasteiger partial charge in [0, 0.05) is 6.10 Å². The molecular formula is C6H12Cl3F3O. The summed E-state index contributed by atoms with van der Waals surface area (Å²) < 4.78 is 32.3. The van der Waals surface area contributed by atoms with Crippen LogP contribution in [-0.4, -0.2) is 28.6 Å². The standard InChI is InChI=1S/C3H8O.C2H2ClF3.CH2Cl2/c1-3(2)4;3-2(5,6)1-4;2-1-3/h3-4H,1-2H3;1H2;1H2. The van der Waals surface area contributed by atoms with E-state index in [2.05, 4.69) is 11.6 Å². The second-order valence-corrected chi connectivity index (χ2v) is 3.30. The van der Waals surface area contributed by atoms with Crippen molar-refractivity contribution in [2.45, 2.75) is 25.3 Å². The Morgan fingerprint density at radius 2 is 1.38 bits per heavy atom. The van der Waals surface area contributed by atoms with Crippen LogP contribution in [-0.2, 0) is 0 Å². The molecular weight excluding hydrogens is 251 g/mol. The summed E-state index contributed by atoms with van der Waals surface area (Å²) in [4.78, 5) is 0. The predicted octanol–water partition coefficient (Wildman–Crippen LogP) is 3.60. The number of rotatable bonds is 1. The summed E-state index contributed by atoms with van der Waals surface area (Å²) in [6.07, 6.45) is -0.167. The lowest BCUT2D eigenvalue weighted by molar-refractivity contribution is 0.0653. The van der Waals surface area contributed by atoms with Gasteiger partial charge in [0.25, 0.3) is 0 Å². The summed E-state index contributed by atoms with van der Waals surface area (Å²) in [5.41, 5.74) is 0. The van der Waals surface area contributed by atoms with Crippen molar-refractivity contribution < 1.29 is 18.3 Å². The zero-order chi connectivity index (χ0) is 11.5. The molecule has 0 unspecified atom stereocenters. The van der Waals surface area contributed by atoms with Gasteiger partial charge in [-0.1, -0.05) is 0 Å². The summed E-state index contributed by atoms with van der Waals surface area (Å²) in [7, 11) is 0. The van der Waals surface area contributed by atoms with Crippen LogP contribution in [0.15, 0.2) is 0 Å². The van der Waals surface area contributed by atoms with E-state index in [0.29, 0.717) is 0 Å². The van der Waals surface area contributed by atoms with Gasteiger partial charge in [0.05, 0.1) is 5.34 Å². The summed E-state index contributed by atoms with van der Waals surface area (Å²) in [6, 6.07) is 0. The van der Waals surface area contributed by atoms with Crippen LogP contribution in [0.4, 0.5) is 13.2 Å². The lowest BCUT2D eigenvalue weighted by Crippen LogP contribution is -2.06. The lowest BCUT2D eigenvalue weighted by Gasteiger charge is -1.95. The van der Waals surface area contributed by atoms with Gasteiger partial charge in [-0.25, -0.2) is 4.39 Å². The van der Waals surface area contributed by atoms with Crippen LogP contribution in [0.3, 0.4) is 0 Å². The van der Waals surface area contributed by atoms with Crippen LogP contribution in [0.25, 0.3) is 0 Å². The smallest absolute Gasteiger partial charge is 0.349 e. The molecule has 1 N–H and O–H groups in total. The molecule has 0 saturated carbocycles. The fourth-order valence-electron chi connectivity index (χ4n) is 0. The molecule has 13 heavy (non-hydrogen) atoms. The summed E-state index contributed by atoms with van der Waals surface area (Å²) >= 11 is 13.5. The maximum Gasteiger partial charge on any atom is 0.349 e. The van der Waals surface area contributed by atoms with Gasteiger partial charge >= 0.3 is 5.38 Å². The second-order valence-electron chi connectivity index (χ2n) is 1.94. The number of aliphatic hydroxyl groups excluding tert-OH is 1. The maximum atomic E-state index is 10.8. The van der Waals surface area contributed by atoms with E-state index in [1.807, 2.05) is 0 Å². The minimum atomic E-state index is -3.65. The molecule has 7 heteroatoms. The Hall–Kier alpha value is 0.620. The van der Waals surface area contributed by atoms with Crippen molar-refractivity contribution in [1.29, 1.82) is 0 Å². The van der Waals surface area contributed by atoms with Crippen molar-refractivity contribution in [3.63, 3.8) is 0 Å². The second kappa shape index (κ2) is 12.6. The quantitative estimate of drug-likeness (QED) is 0.717. The molecule has 0 rings (SSSR count). The van der Waals surface area contributed by atoms with E-state index < -0.39 is 12.1 Å². The highest BCUT2D eigenvalue weighted by atomic mass is 35.5. The Morgan fingerprint density at radius 3 is 1.38 bits per heavy atom. The van der Waals surface area contributed by atoms with E-state index >= 15 is 0 Å². The average Bonchev–Trinajstić information content (AvgIpc) is 1.86. The van der Waals surface area contributed by atoms with E-state index in [9.17, 15) is 13.2 Å². The Bertz CT molecular complexity index is 84.9. The first-order chi connectivity index (χ1) is 5.71. The normalized spacial score (nSPS) is 9.69. The van der Waals surface area contributed by atoms with Crippen LogP contribution >= 0.6 is 34.8 Å². The Morgan fingerprint density at radius 1 is 1.31 bits per heavy atom. The first-order valence-corrected chi connectivity index (χ1v) is 4.58. The third-order valence-corrected chi connectivity index (χ3v) is 0.253. The fraction of sp³-hybridized carbons (Fsp3) is 1.00. The molecule has 0 aromatic heterocycles. The highest BCUT2D eigenvalue weighted by Crippen LogP contribution is 2.17. The number of aliphatic hydroxyl groups is 1. The van der Waals surface area contributed by atoms with Gasteiger partial charge in [0.2, 0.25) is 0 Å². The van der Waals surface area contributed by atoms with Gasteiger partial charge in [0.1, 0.15) is 0 Å². The SMILES string of the molecule is CC(C)O.ClCCl.FCC(F)(F)Cl. The topological polar surface area (TPSA) is 20.2 Å². The molecule has 0 atom stereocenters. The van der Waals surface area contributed by atoms with Crippen molar-refractivity contribution >= 4 is 34.8 Å². The molecule has 84 valence electrons. The number of halogens is 6. The van der Waals surface area contributed by atoms with Gasteiger partial charge in [-0.3, -0.25) is 0 Å². The lowest BCUT2D eigenvalue weighted by atomic mass is 10.5. The molecule has 0 aromatic carbocycles. The monoisotopic (exact) mass is 262 g/mol. The van der Waals surface area contributed by atoms with Crippen molar-refractivity contribution in [3.05, 3.63) is 0 Å². The van der Waals surface area contributed by atoms with E-state index in [0.717, 1.165) is 0 Å². The third kappa shape index (κ3) is 109. The van der Waals surface area contributed by atoms with E-state index in [4.69, 9.17) is 28.3 Å². The molecule has 0 spiro atoms. The molecule has 0 saturated heterocycles. The van der Waals surface area contributed by atoms with Crippen LogP contribution in [0, 0.1) is 0 Å². The zero-order valence-corrected chi connectivity index (χ0v) is 9.47. The van der Waals surface area contributed by atoms with Gasteiger partial charge in [-0.2, -0.15) is 8.78 Å². The molecule has 0 aliphatic heterocycles. The molecule has 0 radical (unpaired) electrons. The molecule has 1 nitrogen and oxygen atoms in total. The van der Waals surface area contributed by atoms with Gasteiger partial charge in [-0.15, -0.1) is 23.2 Å². The van der Waals surface area contributed by atoms with Crippen molar-refractivity contribution in [2.75, 3.05) is 12.0 Å². The van der Waals surface area contributed by atoms with Gasteiger partial charge < -0.3 is 5.11 Å². The van der Waals surface area contributed by atoms with Crippen molar-refractivity contribution in [3.8, 4) is 0 Å². The maximum absolute atomic E-state index is 10.8. The Balaban J connectivity index is -0.000000125. The van der Waals surface area contributed by atoms with Crippen LogP contribution in [0.1, 0.15) is 13.8 Å². The first kappa shape index (κ1) is 19.2. The highest BCUT2D eigenvalue weighted by molar-refractivity contribution is 6.40. The van der Waals surface area contributed by atoms with Crippen LogP contribution < -0.4 is 0 Å². The summed E-state index contributed by atoms with van der Waals surface area (Å²) in [5.74, 6) is 0. The molecule has 0 bridgehead atoms. The van der Waals surface area contributed by atoms with E-state index in [-0.39, 0.29) is 11.4 Å². The number of hydrogen-bond acceptors (Lipinski definition) is 1. The number of hydrogen-bond donors (Lipinski definition) is 1. The minimum Gasteiger partial charge on any atom is -0.394 e. The summed E-state index contributed by atoms with van der Waals surface area (Å²) in [5, 5.41) is 4.60. The fourth-order valence-corrected chi connectivity index (χ4v) is 0. The third-order valence-electron chi connectivity index (χ3n) is 0.152. The molecule has 0 aromatic rings. The van der Waals surface area contributed by atoms with Crippen LogP contribution in [0.2, 0.25) is 0 Å². The molecule has 0 heterocycles. The van der Waals surface area contributed by atoms with Gasteiger partial charge in [-0.05, 0) is 25.4 Å². The van der Waals surface area contributed by atoms with Crippen molar-refractivity contribution in [2.24, 2.45) is 0 Å². The zero-order valence-electron chi connectivity index (χ0n) is 7.21. The molecule has 0 amide bonds. The average molecular weight is 264 g/mol. The predicted molar refractivity (Wildman–Crippen MR) is 50.7 cm³/mol. The molecule has 0 aliphatic rings. The Kier molecular flexibility index (Phi) is 18.7. The number of alkyl halides is 6. The summed E-state index contributed by atoms with van der Waals surface area (Å²) in [6.45, 7) is 1.65. The molecule has 0 fully saturated rings. The van der Waals surface area contributed by atoms with E-state index in [1.165, 1.54) is 0 Å². The van der Waals surface area contributed by atoms with Crippen LogP contribution in [0.5, 0.6) is 0 Å². The molecule has 0 aliphatic carbocycles.